The summed E-state index contributed by atoms with van der Waals surface area (Å²) >= 11 is 0. The molecule has 6 nitrogen and oxygen atoms in total. The average molecular weight is 352 g/mol. The SMILES string of the molecule is Cc1cc(N)c(C(=O)c2ccc(F)c3[nH]ncc23)nc1C#CC(C)(C)O. The van der Waals surface area contributed by atoms with Crippen molar-refractivity contribution in [2.75, 3.05) is 5.73 Å². The fraction of sp³-hybridized carbons (Fsp3) is 0.211. The van der Waals surface area contributed by atoms with Gasteiger partial charge in [-0.25, -0.2) is 9.37 Å². The molecule has 2 aromatic heterocycles. The molecule has 0 saturated carbocycles. The monoisotopic (exact) mass is 352 g/mol. The Kier molecular flexibility index (Phi) is 4.22. The van der Waals surface area contributed by atoms with Crippen molar-refractivity contribution in [1.29, 1.82) is 0 Å². The van der Waals surface area contributed by atoms with Crippen molar-refractivity contribution >= 4 is 22.4 Å². The van der Waals surface area contributed by atoms with Crippen LogP contribution in [0.15, 0.2) is 24.4 Å². The third-order valence-electron chi connectivity index (χ3n) is 3.75. The van der Waals surface area contributed by atoms with Crippen LogP contribution in [0.3, 0.4) is 0 Å². The Hall–Kier alpha value is -3.24. The number of benzene rings is 1. The minimum absolute atomic E-state index is 0.0183. The number of H-pyrrole nitrogens is 1. The van der Waals surface area contributed by atoms with E-state index in [0.717, 1.165) is 0 Å². The number of pyridine rings is 1. The van der Waals surface area contributed by atoms with Gasteiger partial charge < -0.3 is 10.8 Å². The number of aryl methyl sites for hydroxylation is 1. The van der Waals surface area contributed by atoms with Gasteiger partial charge in [0.05, 0.1) is 11.9 Å². The van der Waals surface area contributed by atoms with Crippen molar-refractivity contribution in [3.8, 4) is 11.8 Å². The van der Waals surface area contributed by atoms with Gasteiger partial charge in [0.2, 0.25) is 5.78 Å². The third-order valence-corrected chi connectivity index (χ3v) is 3.75. The van der Waals surface area contributed by atoms with Crippen molar-refractivity contribution in [3.05, 3.63) is 52.7 Å². The number of aromatic nitrogens is 3. The Morgan fingerprint density at radius 2 is 2.12 bits per heavy atom. The highest BCUT2D eigenvalue weighted by Gasteiger charge is 2.20. The van der Waals surface area contributed by atoms with E-state index < -0.39 is 17.2 Å². The Morgan fingerprint density at radius 3 is 2.81 bits per heavy atom. The topological polar surface area (TPSA) is 105 Å². The second-order valence-corrected chi connectivity index (χ2v) is 6.48. The van der Waals surface area contributed by atoms with Gasteiger partial charge in [-0.05, 0) is 50.5 Å². The highest BCUT2D eigenvalue weighted by atomic mass is 19.1. The van der Waals surface area contributed by atoms with E-state index in [2.05, 4.69) is 27.0 Å². The number of carbonyl (C=O) groups is 1. The van der Waals surface area contributed by atoms with Crippen molar-refractivity contribution in [2.24, 2.45) is 0 Å². The number of hydrogen-bond donors (Lipinski definition) is 3. The highest BCUT2D eigenvalue weighted by Crippen LogP contribution is 2.24. The second kappa shape index (κ2) is 6.24. The van der Waals surface area contributed by atoms with E-state index in [1.807, 2.05) is 0 Å². The van der Waals surface area contributed by atoms with Crippen LogP contribution < -0.4 is 5.73 Å². The minimum Gasteiger partial charge on any atom is -0.397 e. The van der Waals surface area contributed by atoms with Crippen LogP contribution >= 0.6 is 0 Å². The smallest absolute Gasteiger partial charge is 0.214 e. The first-order valence-corrected chi connectivity index (χ1v) is 7.86. The number of nitrogen functional groups attached to an aromatic ring is 1. The lowest BCUT2D eigenvalue weighted by Crippen LogP contribution is -2.15. The van der Waals surface area contributed by atoms with Crippen LogP contribution in [0.5, 0.6) is 0 Å². The molecular weight excluding hydrogens is 335 g/mol. The number of nitrogens with zero attached hydrogens (tertiary/aromatic N) is 2. The number of aromatic amines is 1. The van der Waals surface area contributed by atoms with E-state index in [1.54, 1.807) is 26.8 Å². The molecule has 3 rings (SSSR count). The van der Waals surface area contributed by atoms with Crippen molar-refractivity contribution in [1.82, 2.24) is 15.2 Å². The van der Waals surface area contributed by atoms with Gasteiger partial charge in [0, 0.05) is 10.9 Å². The largest absolute Gasteiger partial charge is 0.397 e. The second-order valence-electron chi connectivity index (χ2n) is 6.48. The van der Waals surface area contributed by atoms with Gasteiger partial charge in [0.15, 0.2) is 0 Å². The molecule has 7 heteroatoms. The minimum atomic E-state index is -1.19. The van der Waals surface area contributed by atoms with Gasteiger partial charge in [-0.3, -0.25) is 9.89 Å². The van der Waals surface area contributed by atoms with Crippen LogP contribution in [0.25, 0.3) is 10.9 Å². The Morgan fingerprint density at radius 1 is 1.38 bits per heavy atom. The number of nitrogens with one attached hydrogen (secondary N) is 1. The van der Waals surface area contributed by atoms with Crippen LogP contribution in [0.2, 0.25) is 0 Å². The molecule has 0 saturated heterocycles. The fourth-order valence-corrected chi connectivity index (χ4v) is 2.48. The molecule has 0 aliphatic rings. The van der Waals surface area contributed by atoms with E-state index >= 15 is 0 Å². The quantitative estimate of drug-likeness (QED) is 0.485. The van der Waals surface area contributed by atoms with Gasteiger partial charge in [-0.15, -0.1) is 0 Å². The Labute approximate surface area is 149 Å². The van der Waals surface area contributed by atoms with Crippen molar-refractivity contribution in [2.45, 2.75) is 26.4 Å². The van der Waals surface area contributed by atoms with Gasteiger partial charge in [-0.1, -0.05) is 5.92 Å². The predicted molar refractivity (Wildman–Crippen MR) is 96.0 cm³/mol. The summed E-state index contributed by atoms with van der Waals surface area (Å²) in [4.78, 5) is 17.2. The summed E-state index contributed by atoms with van der Waals surface area (Å²) in [5.74, 6) is 4.47. The van der Waals surface area contributed by atoms with E-state index in [1.165, 1.54) is 18.3 Å². The Balaban J connectivity index is 2.13. The van der Waals surface area contributed by atoms with E-state index in [9.17, 15) is 14.3 Å². The predicted octanol–water partition coefficient (Wildman–Crippen LogP) is 2.34. The number of halogens is 1. The first-order valence-electron chi connectivity index (χ1n) is 7.86. The summed E-state index contributed by atoms with van der Waals surface area (Å²) in [6.45, 7) is 4.86. The van der Waals surface area contributed by atoms with Crippen LogP contribution in [-0.2, 0) is 0 Å². The zero-order valence-corrected chi connectivity index (χ0v) is 14.5. The molecule has 4 N–H and O–H groups in total. The molecule has 0 spiro atoms. The van der Waals surface area contributed by atoms with Crippen LogP contribution in [0, 0.1) is 24.6 Å². The maximum absolute atomic E-state index is 13.8. The molecule has 132 valence electrons. The summed E-state index contributed by atoms with van der Waals surface area (Å²) in [6, 6.07) is 4.16. The molecule has 0 amide bonds. The molecule has 1 aromatic carbocycles. The molecule has 26 heavy (non-hydrogen) atoms. The molecular formula is C19H17FN4O2. The van der Waals surface area contributed by atoms with E-state index in [-0.39, 0.29) is 22.5 Å². The van der Waals surface area contributed by atoms with Crippen LogP contribution in [0.1, 0.15) is 41.2 Å². The maximum atomic E-state index is 13.8. The van der Waals surface area contributed by atoms with Crippen molar-refractivity contribution in [3.63, 3.8) is 0 Å². The number of aliphatic hydroxyl groups is 1. The summed E-state index contributed by atoms with van der Waals surface area (Å²) in [7, 11) is 0. The highest BCUT2D eigenvalue weighted by molar-refractivity contribution is 6.17. The fourth-order valence-electron chi connectivity index (χ4n) is 2.48. The standard InChI is InChI=1S/C19H17FN4O2/c1-10-8-14(21)17(23-15(10)6-7-19(2,3)26)18(25)11-4-5-13(20)16-12(11)9-22-24-16/h4-5,8-9,26H,21H2,1-3H3,(H,22,24). The van der Waals surface area contributed by atoms with Crippen molar-refractivity contribution < 1.29 is 14.3 Å². The molecule has 0 aliphatic carbocycles. The maximum Gasteiger partial charge on any atom is 0.214 e. The lowest BCUT2D eigenvalue weighted by molar-refractivity contribution is 0.103. The number of rotatable bonds is 2. The summed E-state index contributed by atoms with van der Waals surface area (Å²) in [6.07, 6.45) is 1.38. The van der Waals surface area contributed by atoms with Gasteiger partial charge >= 0.3 is 0 Å². The lowest BCUT2D eigenvalue weighted by Gasteiger charge is -2.09. The number of fused-ring (bicyclic) bond motifs is 1. The third kappa shape index (κ3) is 3.27. The molecule has 0 unspecified atom stereocenters. The molecule has 2 heterocycles. The summed E-state index contributed by atoms with van der Waals surface area (Å²) in [5, 5.41) is 16.4. The zero-order valence-electron chi connectivity index (χ0n) is 14.5. The molecule has 3 aromatic rings. The number of ketones is 1. The first-order chi connectivity index (χ1) is 12.2. The van der Waals surface area contributed by atoms with E-state index in [4.69, 9.17) is 5.73 Å². The molecule has 0 aliphatic heterocycles. The summed E-state index contributed by atoms with van der Waals surface area (Å²) in [5.41, 5.74) is 6.41. The lowest BCUT2D eigenvalue weighted by atomic mass is 10.0. The number of hydrogen-bond acceptors (Lipinski definition) is 5. The van der Waals surface area contributed by atoms with Crippen LogP contribution in [0.4, 0.5) is 10.1 Å². The Bertz CT molecular complexity index is 1080. The first kappa shape index (κ1) is 17.6. The molecule has 0 radical (unpaired) electrons. The number of anilines is 1. The molecule has 0 bridgehead atoms. The molecule has 0 atom stereocenters. The van der Waals surface area contributed by atoms with Gasteiger partial charge in [0.25, 0.3) is 0 Å². The summed E-state index contributed by atoms with van der Waals surface area (Å²) < 4.78 is 13.8. The number of nitrogens with two attached hydrogens (primary N) is 1. The van der Waals surface area contributed by atoms with Crippen LogP contribution in [-0.4, -0.2) is 31.7 Å². The van der Waals surface area contributed by atoms with Gasteiger partial charge in [-0.2, -0.15) is 5.10 Å². The molecule has 0 fully saturated rings. The zero-order chi connectivity index (χ0) is 19.1. The van der Waals surface area contributed by atoms with E-state index in [0.29, 0.717) is 16.6 Å². The number of carbonyl (C=O) groups excluding carboxylic acids is 1. The normalized spacial score (nSPS) is 11.3. The van der Waals surface area contributed by atoms with Gasteiger partial charge in [0.1, 0.15) is 28.3 Å². The average Bonchev–Trinajstić information content (AvgIpc) is 3.03.